The first kappa shape index (κ1) is 25.4. The van der Waals surface area contributed by atoms with Gasteiger partial charge in [0.1, 0.15) is 17.3 Å². The molecule has 1 aromatic carbocycles. The highest BCUT2D eigenvalue weighted by Crippen LogP contribution is 2.35. The van der Waals surface area contributed by atoms with E-state index >= 15 is 0 Å². The van der Waals surface area contributed by atoms with Crippen LogP contribution in [0.15, 0.2) is 42.9 Å². The maximum Gasteiger partial charge on any atom is 0.170 e. The van der Waals surface area contributed by atoms with Crippen molar-refractivity contribution in [1.29, 1.82) is 0 Å². The minimum Gasteiger partial charge on any atom is -0.396 e. The summed E-state index contributed by atoms with van der Waals surface area (Å²) in [4.78, 5) is 22.1. The molecule has 11 heteroatoms. The van der Waals surface area contributed by atoms with Gasteiger partial charge in [0.25, 0.3) is 0 Å². The number of nitrogens with one attached hydrogen (secondary N) is 1. The highest BCUT2D eigenvalue weighted by atomic mass is 35.5. The molecule has 1 saturated heterocycles. The fourth-order valence-electron chi connectivity index (χ4n) is 3.52. The predicted octanol–water partition coefficient (Wildman–Crippen LogP) is 3.76. The third-order valence-electron chi connectivity index (χ3n) is 5.17. The smallest absolute Gasteiger partial charge is 0.170 e. The molecule has 3 atom stereocenters. The van der Waals surface area contributed by atoms with E-state index in [4.69, 9.17) is 22.1 Å². The SMILES string of the molecule is CNc1cnccc1C1C[C@@H](O)C[C@@H](CCl)O1.Nc1cnc(-c2c(F)cccc2F)nc1C=O. The molecule has 1 aliphatic rings. The van der Waals surface area contributed by atoms with Gasteiger partial charge in [0.15, 0.2) is 12.1 Å². The van der Waals surface area contributed by atoms with Gasteiger partial charge in [-0.1, -0.05) is 6.07 Å². The van der Waals surface area contributed by atoms with Crippen LogP contribution in [0, 0.1) is 11.6 Å². The number of ether oxygens (including phenoxy) is 1. The number of carbonyl (C=O) groups excluding carboxylic acids is 1. The van der Waals surface area contributed by atoms with Gasteiger partial charge in [0, 0.05) is 37.5 Å². The zero-order valence-corrected chi connectivity index (χ0v) is 19.0. The molecule has 0 aliphatic carbocycles. The van der Waals surface area contributed by atoms with E-state index < -0.39 is 11.6 Å². The first-order valence-electron chi connectivity index (χ1n) is 10.4. The van der Waals surface area contributed by atoms with Crippen LogP contribution in [-0.4, -0.2) is 51.5 Å². The first-order chi connectivity index (χ1) is 16.4. The number of aliphatic hydroxyl groups is 1. The summed E-state index contributed by atoms with van der Waals surface area (Å²) in [6.45, 7) is 0. The second-order valence-corrected chi connectivity index (χ2v) is 7.80. The molecule has 1 fully saturated rings. The van der Waals surface area contributed by atoms with Crippen molar-refractivity contribution in [2.75, 3.05) is 24.0 Å². The van der Waals surface area contributed by atoms with Gasteiger partial charge in [0.2, 0.25) is 0 Å². The molecule has 4 N–H and O–H groups in total. The molecule has 3 aromatic rings. The summed E-state index contributed by atoms with van der Waals surface area (Å²) < 4.78 is 32.7. The number of halogens is 3. The Bertz CT molecular complexity index is 1120. The highest BCUT2D eigenvalue weighted by molar-refractivity contribution is 6.18. The van der Waals surface area contributed by atoms with E-state index in [0.717, 1.165) is 29.6 Å². The highest BCUT2D eigenvalue weighted by Gasteiger charge is 2.30. The lowest BCUT2D eigenvalue weighted by molar-refractivity contribution is -0.0878. The van der Waals surface area contributed by atoms with E-state index in [1.165, 1.54) is 6.07 Å². The number of hydrogen-bond acceptors (Lipinski definition) is 8. The van der Waals surface area contributed by atoms with Gasteiger partial charge in [-0.15, -0.1) is 11.6 Å². The van der Waals surface area contributed by atoms with Gasteiger partial charge < -0.3 is 20.9 Å². The van der Waals surface area contributed by atoms with Crippen LogP contribution in [0.25, 0.3) is 11.4 Å². The number of rotatable bonds is 5. The van der Waals surface area contributed by atoms with Crippen molar-refractivity contribution in [3.63, 3.8) is 0 Å². The van der Waals surface area contributed by atoms with Gasteiger partial charge in [-0.05, 0) is 18.2 Å². The summed E-state index contributed by atoms with van der Waals surface area (Å²) in [5.74, 6) is -1.40. The number of nitrogens with two attached hydrogens (primary N) is 1. The number of pyridine rings is 1. The van der Waals surface area contributed by atoms with Gasteiger partial charge in [-0.25, -0.2) is 18.7 Å². The molecule has 1 unspecified atom stereocenters. The summed E-state index contributed by atoms with van der Waals surface area (Å²) in [7, 11) is 1.85. The topological polar surface area (TPSA) is 123 Å². The fourth-order valence-corrected chi connectivity index (χ4v) is 3.71. The van der Waals surface area contributed by atoms with Gasteiger partial charge in [-0.3, -0.25) is 9.78 Å². The van der Waals surface area contributed by atoms with Gasteiger partial charge >= 0.3 is 0 Å². The van der Waals surface area contributed by atoms with Crippen molar-refractivity contribution in [3.05, 3.63) is 65.7 Å². The minimum absolute atomic E-state index is 0.0560. The molecule has 1 aliphatic heterocycles. The lowest BCUT2D eigenvalue weighted by Crippen LogP contribution is -2.32. The van der Waals surface area contributed by atoms with Crippen molar-refractivity contribution >= 4 is 29.3 Å². The Morgan fingerprint density at radius 2 is 2.00 bits per heavy atom. The van der Waals surface area contributed by atoms with Crippen LogP contribution >= 0.6 is 11.6 Å². The van der Waals surface area contributed by atoms with E-state index in [1.807, 2.05) is 13.1 Å². The normalized spacial score (nSPS) is 19.6. The predicted molar refractivity (Wildman–Crippen MR) is 125 cm³/mol. The Morgan fingerprint density at radius 1 is 1.26 bits per heavy atom. The Balaban J connectivity index is 0.000000191. The maximum atomic E-state index is 13.4. The Labute approximate surface area is 200 Å². The number of nitrogens with zero attached hydrogens (tertiary/aromatic N) is 3. The van der Waals surface area contributed by atoms with Crippen LogP contribution in [0.5, 0.6) is 0 Å². The number of benzene rings is 1. The number of aldehydes is 1. The second-order valence-electron chi connectivity index (χ2n) is 7.49. The fraction of sp³-hybridized carbons (Fsp3) is 0.304. The molecule has 0 spiro atoms. The Hall–Kier alpha value is -3.21. The third-order valence-corrected chi connectivity index (χ3v) is 5.51. The van der Waals surface area contributed by atoms with Crippen LogP contribution in [-0.2, 0) is 4.74 Å². The molecule has 0 radical (unpaired) electrons. The van der Waals surface area contributed by atoms with Crippen molar-refractivity contribution < 1.29 is 23.4 Å². The molecule has 34 heavy (non-hydrogen) atoms. The summed E-state index contributed by atoms with van der Waals surface area (Å²) in [6.07, 6.45) is 5.70. The van der Waals surface area contributed by atoms with Gasteiger partial charge in [-0.2, -0.15) is 0 Å². The summed E-state index contributed by atoms with van der Waals surface area (Å²) in [6, 6.07) is 5.31. The van der Waals surface area contributed by atoms with Crippen LogP contribution < -0.4 is 11.1 Å². The van der Waals surface area contributed by atoms with Gasteiger partial charge in [0.05, 0.1) is 47.6 Å². The average molecular weight is 492 g/mol. The number of anilines is 2. The summed E-state index contributed by atoms with van der Waals surface area (Å²) in [5.41, 5.74) is 6.94. The molecular formula is C23H24ClF2N5O3. The number of nitrogen functional groups attached to an aromatic ring is 1. The molecule has 0 saturated carbocycles. The third kappa shape index (κ3) is 6.02. The number of hydrogen-bond donors (Lipinski definition) is 3. The Kier molecular flexibility index (Phi) is 8.80. The molecule has 180 valence electrons. The van der Waals surface area contributed by atoms with E-state index in [9.17, 15) is 18.7 Å². The zero-order valence-electron chi connectivity index (χ0n) is 18.3. The maximum absolute atomic E-state index is 13.4. The molecule has 3 heterocycles. The summed E-state index contributed by atoms with van der Waals surface area (Å²) >= 11 is 5.81. The van der Waals surface area contributed by atoms with Crippen molar-refractivity contribution in [3.8, 4) is 11.4 Å². The van der Waals surface area contributed by atoms with Crippen LogP contribution in [0.1, 0.15) is 35.0 Å². The number of aromatic nitrogens is 3. The van der Waals surface area contributed by atoms with E-state index in [1.54, 1.807) is 12.4 Å². The van der Waals surface area contributed by atoms with Crippen LogP contribution in [0.2, 0.25) is 0 Å². The quantitative estimate of drug-likeness (QED) is 0.364. The molecule has 0 bridgehead atoms. The molecule has 4 rings (SSSR count). The number of carbonyl (C=O) groups is 1. The largest absolute Gasteiger partial charge is 0.396 e. The molecular weight excluding hydrogens is 468 g/mol. The monoisotopic (exact) mass is 491 g/mol. The van der Waals surface area contributed by atoms with Crippen molar-refractivity contribution in [2.45, 2.75) is 31.2 Å². The zero-order chi connectivity index (χ0) is 24.7. The average Bonchev–Trinajstić information content (AvgIpc) is 2.84. The molecule has 0 amide bonds. The summed E-state index contributed by atoms with van der Waals surface area (Å²) in [5, 5.41) is 12.9. The minimum atomic E-state index is -0.799. The van der Waals surface area contributed by atoms with E-state index in [-0.39, 0.29) is 41.1 Å². The lowest BCUT2D eigenvalue weighted by Gasteiger charge is -2.33. The van der Waals surface area contributed by atoms with Crippen molar-refractivity contribution in [1.82, 2.24) is 15.0 Å². The van der Waals surface area contributed by atoms with E-state index in [0.29, 0.717) is 25.0 Å². The Morgan fingerprint density at radius 3 is 2.65 bits per heavy atom. The van der Waals surface area contributed by atoms with E-state index in [2.05, 4.69) is 20.3 Å². The number of alkyl halides is 1. The second kappa shape index (κ2) is 11.8. The van der Waals surface area contributed by atoms with Crippen LogP contribution in [0.4, 0.5) is 20.2 Å². The number of aliphatic hydroxyl groups excluding tert-OH is 1. The lowest BCUT2D eigenvalue weighted by atomic mass is 9.96. The van der Waals surface area contributed by atoms with Crippen LogP contribution in [0.3, 0.4) is 0 Å². The first-order valence-corrected chi connectivity index (χ1v) is 10.9. The van der Waals surface area contributed by atoms with Crippen molar-refractivity contribution in [2.24, 2.45) is 0 Å². The molecule has 8 nitrogen and oxygen atoms in total. The molecule has 2 aromatic heterocycles. The standard InChI is InChI=1S/C12H17ClN2O2.C11H7F2N3O/c1-14-11-7-15-3-2-10(11)12-5-8(16)4-9(6-13)17-12;12-6-2-1-3-7(13)10(6)11-15-4-8(14)9(5-17)16-11/h2-3,7-9,12,14,16H,4-6H2,1H3;1-5H,14H2/t8-,9-,12?;/m0./s1.